The van der Waals surface area contributed by atoms with E-state index in [2.05, 4.69) is 11.6 Å². The average Bonchev–Trinajstić information content (AvgIpc) is 2.36. The molecule has 0 saturated heterocycles. The minimum absolute atomic E-state index is 0.257. The molecule has 0 bridgehead atoms. The summed E-state index contributed by atoms with van der Waals surface area (Å²) in [4.78, 5) is 4.22. The SMILES string of the molecule is C=C/N=C(\CC)N(C)S(=O)(=O)c1ccccc1. The number of rotatable bonds is 4. The molecular weight excluding hydrogens is 236 g/mol. The first-order chi connectivity index (χ1) is 8.04. The van der Waals surface area contributed by atoms with E-state index in [1.54, 1.807) is 30.3 Å². The van der Waals surface area contributed by atoms with Gasteiger partial charge in [0, 0.05) is 19.7 Å². The second-order valence-corrected chi connectivity index (χ2v) is 5.34. The van der Waals surface area contributed by atoms with Crippen molar-refractivity contribution in [1.29, 1.82) is 0 Å². The first-order valence-electron chi connectivity index (χ1n) is 5.25. The number of nitrogens with zero attached hydrogens (tertiary/aromatic N) is 2. The lowest BCUT2D eigenvalue weighted by Gasteiger charge is -2.20. The topological polar surface area (TPSA) is 49.7 Å². The second-order valence-electron chi connectivity index (χ2n) is 3.37. The summed E-state index contributed by atoms with van der Waals surface area (Å²) in [5.41, 5.74) is 0. The van der Waals surface area contributed by atoms with Crippen LogP contribution in [0.25, 0.3) is 0 Å². The molecular formula is C12H16N2O2S. The summed E-state index contributed by atoms with van der Waals surface area (Å²) in [6.45, 7) is 5.32. The predicted octanol–water partition coefficient (Wildman–Crippen LogP) is 2.26. The number of sulfonamides is 1. The van der Waals surface area contributed by atoms with Crippen molar-refractivity contribution in [2.75, 3.05) is 7.05 Å². The third kappa shape index (κ3) is 2.94. The summed E-state index contributed by atoms with van der Waals surface area (Å²) in [5, 5.41) is 0. The van der Waals surface area contributed by atoms with Crippen molar-refractivity contribution in [2.24, 2.45) is 4.99 Å². The van der Waals surface area contributed by atoms with Crippen LogP contribution in [0, 0.1) is 0 Å². The Morgan fingerprint density at radius 1 is 1.41 bits per heavy atom. The molecule has 0 N–H and O–H groups in total. The van der Waals surface area contributed by atoms with Crippen molar-refractivity contribution >= 4 is 15.9 Å². The third-order valence-electron chi connectivity index (χ3n) is 2.32. The quantitative estimate of drug-likeness (QED) is 0.609. The Balaban J connectivity index is 3.15. The molecule has 0 unspecified atom stereocenters. The largest absolute Gasteiger partial charge is 0.264 e. The number of aliphatic imine (C=N–C) groups is 1. The number of benzene rings is 1. The van der Waals surface area contributed by atoms with Gasteiger partial charge in [0.05, 0.1) is 4.90 Å². The molecule has 0 radical (unpaired) electrons. The number of hydrogen-bond donors (Lipinski definition) is 0. The lowest BCUT2D eigenvalue weighted by molar-refractivity contribution is 0.550. The van der Waals surface area contributed by atoms with Crippen molar-refractivity contribution in [3.8, 4) is 0 Å². The zero-order valence-electron chi connectivity index (χ0n) is 10.00. The Labute approximate surface area is 102 Å². The zero-order chi connectivity index (χ0) is 12.9. The maximum absolute atomic E-state index is 12.2. The highest BCUT2D eigenvalue weighted by Gasteiger charge is 2.22. The van der Waals surface area contributed by atoms with Crippen molar-refractivity contribution in [3.63, 3.8) is 0 Å². The van der Waals surface area contributed by atoms with Crippen LogP contribution in [-0.4, -0.2) is 25.6 Å². The maximum Gasteiger partial charge on any atom is 0.264 e. The zero-order valence-corrected chi connectivity index (χ0v) is 10.8. The first-order valence-corrected chi connectivity index (χ1v) is 6.69. The smallest absolute Gasteiger partial charge is 0.257 e. The van der Waals surface area contributed by atoms with Crippen molar-refractivity contribution in [3.05, 3.63) is 43.1 Å². The van der Waals surface area contributed by atoms with E-state index in [4.69, 9.17) is 0 Å². The molecule has 0 aromatic heterocycles. The van der Waals surface area contributed by atoms with Crippen LogP contribution >= 0.6 is 0 Å². The first kappa shape index (κ1) is 13.4. The van der Waals surface area contributed by atoms with Gasteiger partial charge >= 0.3 is 0 Å². The van der Waals surface area contributed by atoms with Crippen LogP contribution in [0.3, 0.4) is 0 Å². The summed E-state index contributed by atoms with van der Waals surface area (Å²) >= 11 is 0. The summed E-state index contributed by atoms with van der Waals surface area (Å²) in [6.07, 6.45) is 1.87. The van der Waals surface area contributed by atoms with Gasteiger partial charge in [0.25, 0.3) is 10.0 Å². The highest BCUT2D eigenvalue weighted by molar-refractivity contribution is 7.89. The van der Waals surface area contributed by atoms with Gasteiger partial charge in [-0.05, 0) is 12.1 Å². The van der Waals surface area contributed by atoms with Gasteiger partial charge in [0.1, 0.15) is 5.84 Å². The van der Waals surface area contributed by atoms with Crippen molar-refractivity contribution < 1.29 is 8.42 Å². The fourth-order valence-corrected chi connectivity index (χ4v) is 2.66. The molecule has 17 heavy (non-hydrogen) atoms. The molecule has 1 aromatic carbocycles. The molecule has 1 aromatic rings. The van der Waals surface area contributed by atoms with E-state index in [0.29, 0.717) is 12.3 Å². The molecule has 1 rings (SSSR count). The van der Waals surface area contributed by atoms with Gasteiger partial charge in [0.15, 0.2) is 0 Å². The summed E-state index contributed by atoms with van der Waals surface area (Å²) < 4.78 is 25.6. The Morgan fingerprint density at radius 3 is 2.47 bits per heavy atom. The van der Waals surface area contributed by atoms with E-state index < -0.39 is 10.0 Å². The Bertz CT molecular complexity index is 507. The van der Waals surface area contributed by atoms with Crippen molar-refractivity contribution in [1.82, 2.24) is 4.31 Å². The van der Waals surface area contributed by atoms with Gasteiger partial charge in [-0.1, -0.05) is 31.7 Å². The Kier molecular flexibility index (Phi) is 4.45. The van der Waals surface area contributed by atoms with Gasteiger partial charge in [-0.25, -0.2) is 13.4 Å². The van der Waals surface area contributed by atoms with Crippen LogP contribution < -0.4 is 0 Å². The lowest BCUT2D eigenvalue weighted by Crippen LogP contribution is -2.32. The van der Waals surface area contributed by atoms with Gasteiger partial charge in [-0.15, -0.1) is 0 Å². The van der Waals surface area contributed by atoms with Crippen LogP contribution in [0.5, 0.6) is 0 Å². The fraction of sp³-hybridized carbons (Fsp3) is 0.250. The molecule has 92 valence electrons. The van der Waals surface area contributed by atoms with E-state index in [1.807, 2.05) is 6.92 Å². The monoisotopic (exact) mass is 252 g/mol. The normalized spacial score (nSPS) is 12.2. The van der Waals surface area contributed by atoms with E-state index in [0.717, 1.165) is 0 Å². The van der Waals surface area contributed by atoms with Crippen LogP contribution in [0.4, 0.5) is 0 Å². The molecule has 0 atom stereocenters. The minimum Gasteiger partial charge on any atom is -0.257 e. The van der Waals surface area contributed by atoms with Crippen LogP contribution in [-0.2, 0) is 10.0 Å². The molecule has 0 heterocycles. The summed E-state index contributed by atoms with van der Waals surface area (Å²) in [7, 11) is -2.02. The molecule has 0 aliphatic carbocycles. The third-order valence-corrected chi connectivity index (χ3v) is 4.12. The number of hydrogen-bond acceptors (Lipinski definition) is 3. The average molecular weight is 252 g/mol. The van der Waals surface area contributed by atoms with Gasteiger partial charge in [0.2, 0.25) is 0 Å². The number of amidine groups is 1. The standard InChI is InChI=1S/C12H16N2O2S/c1-4-12(13-5-2)14(3)17(15,16)11-9-7-6-8-10-11/h5-10H,2,4H2,1,3H3/b13-12+. The molecule has 0 aliphatic rings. The molecule has 0 amide bonds. The molecule has 0 saturated carbocycles. The van der Waals surface area contributed by atoms with E-state index in [1.165, 1.54) is 17.6 Å². The van der Waals surface area contributed by atoms with Crippen LogP contribution in [0.1, 0.15) is 13.3 Å². The molecule has 0 fully saturated rings. The minimum atomic E-state index is -3.52. The highest BCUT2D eigenvalue weighted by atomic mass is 32.2. The van der Waals surface area contributed by atoms with Gasteiger partial charge in [-0.2, -0.15) is 0 Å². The van der Waals surface area contributed by atoms with Crippen LogP contribution in [0.2, 0.25) is 0 Å². The molecule has 4 nitrogen and oxygen atoms in total. The second kappa shape index (κ2) is 5.63. The fourth-order valence-electron chi connectivity index (χ4n) is 1.39. The Hall–Kier alpha value is -1.62. The highest BCUT2D eigenvalue weighted by Crippen LogP contribution is 2.14. The Morgan fingerprint density at radius 2 is 2.00 bits per heavy atom. The van der Waals surface area contributed by atoms with Gasteiger partial charge in [-0.3, -0.25) is 4.31 Å². The van der Waals surface area contributed by atoms with Crippen LogP contribution in [0.15, 0.2) is 53.0 Å². The summed E-state index contributed by atoms with van der Waals surface area (Å²) in [5.74, 6) is 0.462. The molecule has 0 spiro atoms. The predicted molar refractivity (Wildman–Crippen MR) is 69.3 cm³/mol. The van der Waals surface area contributed by atoms with E-state index in [-0.39, 0.29) is 4.90 Å². The van der Waals surface area contributed by atoms with E-state index >= 15 is 0 Å². The summed E-state index contributed by atoms with van der Waals surface area (Å²) in [6, 6.07) is 8.28. The maximum atomic E-state index is 12.2. The molecule has 0 aliphatic heterocycles. The lowest BCUT2D eigenvalue weighted by atomic mass is 10.4. The van der Waals surface area contributed by atoms with Gasteiger partial charge < -0.3 is 0 Å². The van der Waals surface area contributed by atoms with Crippen molar-refractivity contribution in [2.45, 2.75) is 18.2 Å². The molecule has 5 heteroatoms. The van der Waals surface area contributed by atoms with E-state index in [9.17, 15) is 8.42 Å².